The van der Waals surface area contributed by atoms with Crippen LogP contribution >= 0.6 is 11.6 Å². The highest BCUT2D eigenvalue weighted by atomic mass is 35.5. The van der Waals surface area contributed by atoms with Gasteiger partial charge in [-0.1, -0.05) is 49.1 Å². The normalized spacial score (nSPS) is 14.4. The predicted molar refractivity (Wildman–Crippen MR) is 129 cm³/mol. The van der Waals surface area contributed by atoms with Gasteiger partial charge in [0.15, 0.2) is 9.84 Å². The molecule has 8 heteroatoms. The highest BCUT2D eigenvalue weighted by Crippen LogP contribution is 2.28. The lowest BCUT2D eigenvalue weighted by atomic mass is 10.1. The van der Waals surface area contributed by atoms with E-state index in [1.54, 1.807) is 36.4 Å². The number of allylic oxidation sites excluding steroid dienone is 2. The molecule has 3 N–H and O–H groups in total. The van der Waals surface area contributed by atoms with Crippen molar-refractivity contribution in [3.05, 3.63) is 95.1 Å². The molecule has 0 saturated carbocycles. The van der Waals surface area contributed by atoms with Crippen LogP contribution in [0, 0.1) is 0 Å². The third-order valence-corrected chi connectivity index (χ3v) is 7.23. The first-order valence-electron chi connectivity index (χ1n) is 10.1. The van der Waals surface area contributed by atoms with Crippen molar-refractivity contribution >= 4 is 33.2 Å². The maximum Gasteiger partial charge on any atom is 0.319 e. The zero-order valence-electron chi connectivity index (χ0n) is 17.8. The van der Waals surface area contributed by atoms with Gasteiger partial charge in [0, 0.05) is 23.8 Å². The third-order valence-electron chi connectivity index (χ3n) is 5.19. The van der Waals surface area contributed by atoms with Gasteiger partial charge in [-0.25, -0.2) is 13.2 Å². The maximum atomic E-state index is 12.9. The Morgan fingerprint density at radius 1 is 1.22 bits per heavy atom. The molecule has 0 aliphatic carbocycles. The fourth-order valence-electron chi connectivity index (χ4n) is 3.54. The quantitative estimate of drug-likeness (QED) is 0.486. The molecule has 1 aliphatic rings. The molecule has 0 fully saturated rings. The Kier molecular flexibility index (Phi) is 7.56. The number of carbonyl (C=O) groups excluding carboxylic acids is 1. The molecule has 1 unspecified atom stereocenters. The van der Waals surface area contributed by atoms with Crippen LogP contribution in [-0.2, 0) is 28.7 Å². The van der Waals surface area contributed by atoms with Crippen molar-refractivity contribution < 1.29 is 13.2 Å². The Bertz CT molecular complexity index is 1170. The van der Waals surface area contributed by atoms with Gasteiger partial charge in [0.05, 0.1) is 16.7 Å². The molecule has 1 heterocycles. The SMILES string of the molecule is C=C/C=C(\C=C)C(C)NC(=O)Nc1ccc(S(=O)(=O)Cc2cc(Cl)c3c(c2)CNC3)cc1. The van der Waals surface area contributed by atoms with Gasteiger partial charge in [-0.15, -0.1) is 0 Å². The van der Waals surface area contributed by atoms with Crippen molar-refractivity contribution in [3.8, 4) is 0 Å². The molecule has 6 nitrogen and oxygen atoms in total. The number of hydrogen-bond acceptors (Lipinski definition) is 4. The van der Waals surface area contributed by atoms with Crippen molar-refractivity contribution in [1.29, 1.82) is 0 Å². The standard InChI is InChI=1S/C24H26ClN3O3S/c1-4-6-18(5-2)16(3)27-24(29)28-20-7-9-21(10-8-20)32(30,31)15-17-11-19-13-26-14-22(19)23(25)12-17/h4-12,16,26H,1-2,13-15H2,3H3,(H2,27,28,29)/b18-6+. The summed E-state index contributed by atoms with van der Waals surface area (Å²) < 4.78 is 25.8. The number of fused-ring (bicyclic) bond motifs is 1. The lowest BCUT2D eigenvalue weighted by Gasteiger charge is -2.16. The van der Waals surface area contributed by atoms with E-state index in [1.165, 1.54) is 12.1 Å². The van der Waals surface area contributed by atoms with E-state index in [2.05, 4.69) is 29.1 Å². The molecule has 0 saturated heterocycles. The van der Waals surface area contributed by atoms with Gasteiger partial charge < -0.3 is 16.0 Å². The van der Waals surface area contributed by atoms with E-state index in [0.717, 1.165) is 16.7 Å². The third kappa shape index (κ3) is 5.68. The lowest BCUT2D eigenvalue weighted by Crippen LogP contribution is -2.36. The number of carbonyl (C=O) groups is 1. The van der Waals surface area contributed by atoms with Gasteiger partial charge in [-0.3, -0.25) is 0 Å². The maximum absolute atomic E-state index is 12.9. The summed E-state index contributed by atoms with van der Waals surface area (Å²) in [7, 11) is -3.57. The van der Waals surface area contributed by atoms with E-state index < -0.39 is 15.9 Å². The fraction of sp³-hybridized carbons (Fsp3) is 0.208. The first-order valence-corrected chi connectivity index (χ1v) is 12.1. The minimum Gasteiger partial charge on any atom is -0.331 e. The number of amides is 2. The molecular formula is C24H26ClN3O3S. The monoisotopic (exact) mass is 471 g/mol. The molecule has 168 valence electrons. The fourth-order valence-corrected chi connectivity index (χ4v) is 5.19. The number of nitrogens with one attached hydrogen (secondary N) is 3. The second-order valence-corrected chi connectivity index (χ2v) is 9.93. The van der Waals surface area contributed by atoms with Crippen LogP contribution in [0.4, 0.5) is 10.5 Å². The average molecular weight is 472 g/mol. The van der Waals surface area contributed by atoms with Crippen LogP contribution in [0.3, 0.4) is 0 Å². The molecule has 0 aromatic heterocycles. The molecule has 2 aromatic rings. The van der Waals surface area contributed by atoms with Crippen molar-refractivity contribution in [2.75, 3.05) is 5.32 Å². The molecule has 0 bridgehead atoms. The second-order valence-electron chi connectivity index (χ2n) is 7.53. The molecule has 1 aliphatic heterocycles. The van der Waals surface area contributed by atoms with Crippen LogP contribution in [0.5, 0.6) is 0 Å². The Balaban J connectivity index is 1.66. The predicted octanol–water partition coefficient (Wildman–Crippen LogP) is 4.73. The molecule has 0 spiro atoms. The molecule has 1 atom stereocenters. The first kappa shape index (κ1) is 23.8. The van der Waals surface area contributed by atoms with Gasteiger partial charge in [-0.2, -0.15) is 0 Å². The number of hydrogen-bond donors (Lipinski definition) is 3. The van der Waals surface area contributed by atoms with Crippen LogP contribution in [0.25, 0.3) is 0 Å². The Morgan fingerprint density at radius 3 is 2.59 bits per heavy atom. The van der Waals surface area contributed by atoms with Gasteiger partial charge in [0.25, 0.3) is 0 Å². The van der Waals surface area contributed by atoms with Gasteiger partial charge in [0.1, 0.15) is 0 Å². The summed E-state index contributed by atoms with van der Waals surface area (Å²) in [6, 6.07) is 9.01. The number of halogens is 1. The number of urea groups is 1. The smallest absolute Gasteiger partial charge is 0.319 e. The molecule has 0 radical (unpaired) electrons. The van der Waals surface area contributed by atoms with E-state index in [0.29, 0.717) is 29.4 Å². The van der Waals surface area contributed by atoms with E-state index in [-0.39, 0.29) is 16.7 Å². The van der Waals surface area contributed by atoms with Crippen molar-refractivity contribution in [1.82, 2.24) is 10.6 Å². The number of rotatable bonds is 8. The van der Waals surface area contributed by atoms with Crippen LogP contribution in [0.1, 0.15) is 23.6 Å². The van der Waals surface area contributed by atoms with Crippen molar-refractivity contribution in [2.24, 2.45) is 0 Å². The summed E-state index contributed by atoms with van der Waals surface area (Å²) in [5.74, 6) is -0.148. The summed E-state index contributed by atoms with van der Waals surface area (Å²) in [6.07, 6.45) is 5.04. The summed E-state index contributed by atoms with van der Waals surface area (Å²) in [5, 5.41) is 9.29. The van der Waals surface area contributed by atoms with E-state index in [1.807, 2.05) is 13.0 Å². The van der Waals surface area contributed by atoms with E-state index in [4.69, 9.17) is 11.6 Å². The molecule has 32 heavy (non-hydrogen) atoms. The lowest BCUT2D eigenvalue weighted by molar-refractivity contribution is 0.250. The van der Waals surface area contributed by atoms with Crippen molar-refractivity contribution in [3.63, 3.8) is 0 Å². The summed E-state index contributed by atoms with van der Waals surface area (Å²) in [4.78, 5) is 12.4. The Hall–Kier alpha value is -2.87. The van der Waals surface area contributed by atoms with Gasteiger partial charge in [-0.05, 0) is 59.5 Å². The van der Waals surface area contributed by atoms with Gasteiger partial charge in [0.2, 0.25) is 0 Å². The Morgan fingerprint density at radius 2 is 1.94 bits per heavy atom. The second kappa shape index (κ2) is 10.2. The number of sulfone groups is 1. The minimum atomic E-state index is -3.57. The van der Waals surface area contributed by atoms with Crippen LogP contribution in [-0.4, -0.2) is 20.5 Å². The molecule has 2 aromatic carbocycles. The minimum absolute atomic E-state index is 0.148. The van der Waals surface area contributed by atoms with Crippen LogP contribution in [0.15, 0.2) is 78.3 Å². The number of anilines is 1. The Labute approximate surface area is 194 Å². The zero-order valence-corrected chi connectivity index (χ0v) is 19.4. The van der Waals surface area contributed by atoms with Gasteiger partial charge >= 0.3 is 6.03 Å². The zero-order chi connectivity index (χ0) is 23.3. The highest BCUT2D eigenvalue weighted by Gasteiger charge is 2.20. The number of benzene rings is 2. The molecule has 2 amide bonds. The van der Waals surface area contributed by atoms with Crippen LogP contribution in [0.2, 0.25) is 5.02 Å². The van der Waals surface area contributed by atoms with E-state index in [9.17, 15) is 13.2 Å². The summed E-state index contributed by atoms with van der Waals surface area (Å²) in [5.41, 5.74) is 4.01. The van der Waals surface area contributed by atoms with E-state index >= 15 is 0 Å². The summed E-state index contributed by atoms with van der Waals surface area (Å²) in [6.45, 7) is 10.6. The summed E-state index contributed by atoms with van der Waals surface area (Å²) >= 11 is 6.31. The van der Waals surface area contributed by atoms with Crippen molar-refractivity contribution in [2.45, 2.75) is 36.7 Å². The highest BCUT2D eigenvalue weighted by molar-refractivity contribution is 7.90. The van der Waals surface area contributed by atoms with Crippen LogP contribution < -0.4 is 16.0 Å². The topological polar surface area (TPSA) is 87.3 Å². The average Bonchev–Trinajstić information content (AvgIpc) is 3.21. The molecule has 3 rings (SSSR count). The first-order chi connectivity index (χ1) is 15.2. The molecular weight excluding hydrogens is 446 g/mol. The largest absolute Gasteiger partial charge is 0.331 e.